The van der Waals surface area contributed by atoms with Crippen LogP contribution in [0.25, 0.3) is 0 Å². The Hall–Kier alpha value is -0.120. The van der Waals surface area contributed by atoms with Gasteiger partial charge >= 0.3 is 0 Å². The SMILES string of the molecule is CCN1CCCC(NC2CCCNCC2)C1. The summed E-state index contributed by atoms with van der Waals surface area (Å²) in [7, 11) is 0. The number of nitrogens with one attached hydrogen (secondary N) is 2. The van der Waals surface area contributed by atoms with Crippen LogP contribution >= 0.6 is 0 Å². The van der Waals surface area contributed by atoms with Gasteiger partial charge in [0.2, 0.25) is 0 Å². The lowest BCUT2D eigenvalue weighted by Crippen LogP contribution is -2.49. The maximum Gasteiger partial charge on any atom is 0.0198 e. The summed E-state index contributed by atoms with van der Waals surface area (Å²) in [5.74, 6) is 0. The van der Waals surface area contributed by atoms with Crippen molar-refractivity contribution in [1.29, 1.82) is 0 Å². The van der Waals surface area contributed by atoms with Gasteiger partial charge < -0.3 is 15.5 Å². The van der Waals surface area contributed by atoms with Crippen LogP contribution < -0.4 is 10.6 Å². The van der Waals surface area contributed by atoms with Gasteiger partial charge in [-0.15, -0.1) is 0 Å². The van der Waals surface area contributed by atoms with Crippen molar-refractivity contribution in [2.45, 2.75) is 51.1 Å². The molecule has 2 atom stereocenters. The molecule has 0 aromatic carbocycles. The van der Waals surface area contributed by atoms with Crippen LogP contribution in [0.5, 0.6) is 0 Å². The molecule has 3 heteroatoms. The monoisotopic (exact) mass is 225 g/mol. The average Bonchev–Trinajstić information content (AvgIpc) is 2.58. The molecule has 2 fully saturated rings. The molecule has 2 aliphatic rings. The first kappa shape index (κ1) is 12.3. The van der Waals surface area contributed by atoms with E-state index >= 15 is 0 Å². The Kier molecular flexibility index (Phi) is 5.07. The predicted octanol–water partition coefficient (Wildman–Crippen LogP) is 1.20. The second kappa shape index (κ2) is 6.58. The lowest BCUT2D eigenvalue weighted by atomic mass is 10.0. The van der Waals surface area contributed by atoms with E-state index in [0.717, 1.165) is 12.1 Å². The minimum Gasteiger partial charge on any atom is -0.317 e. The number of hydrogen-bond donors (Lipinski definition) is 2. The van der Waals surface area contributed by atoms with E-state index in [-0.39, 0.29) is 0 Å². The number of hydrogen-bond acceptors (Lipinski definition) is 3. The Morgan fingerprint density at radius 3 is 2.88 bits per heavy atom. The maximum absolute atomic E-state index is 3.88. The van der Waals surface area contributed by atoms with E-state index in [1.165, 1.54) is 64.8 Å². The van der Waals surface area contributed by atoms with E-state index in [2.05, 4.69) is 22.5 Å². The van der Waals surface area contributed by atoms with E-state index in [4.69, 9.17) is 0 Å². The summed E-state index contributed by atoms with van der Waals surface area (Å²) < 4.78 is 0. The van der Waals surface area contributed by atoms with Gasteiger partial charge in [-0.2, -0.15) is 0 Å². The van der Waals surface area contributed by atoms with Gasteiger partial charge in [0, 0.05) is 18.6 Å². The quantitative estimate of drug-likeness (QED) is 0.756. The summed E-state index contributed by atoms with van der Waals surface area (Å²) in [6.45, 7) is 8.47. The third-order valence-corrected chi connectivity index (χ3v) is 4.00. The molecule has 2 saturated heterocycles. The van der Waals surface area contributed by atoms with E-state index in [1.807, 2.05) is 0 Å². The van der Waals surface area contributed by atoms with Gasteiger partial charge in [-0.1, -0.05) is 6.92 Å². The fourth-order valence-electron chi connectivity index (χ4n) is 3.00. The van der Waals surface area contributed by atoms with Crippen molar-refractivity contribution in [3.8, 4) is 0 Å². The Balaban J connectivity index is 1.74. The maximum atomic E-state index is 3.88. The summed E-state index contributed by atoms with van der Waals surface area (Å²) in [5.41, 5.74) is 0. The number of likely N-dealkylation sites (tertiary alicyclic amines) is 1. The molecule has 16 heavy (non-hydrogen) atoms. The molecule has 0 bridgehead atoms. The van der Waals surface area contributed by atoms with Crippen LogP contribution in [0.2, 0.25) is 0 Å². The Labute approximate surface area is 100.0 Å². The zero-order valence-electron chi connectivity index (χ0n) is 10.7. The summed E-state index contributed by atoms with van der Waals surface area (Å²) in [5, 5.41) is 7.36. The van der Waals surface area contributed by atoms with Gasteiger partial charge in [0.15, 0.2) is 0 Å². The fraction of sp³-hybridized carbons (Fsp3) is 1.00. The number of likely N-dealkylation sites (N-methyl/N-ethyl adjacent to an activating group) is 1. The van der Waals surface area contributed by atoms with Crippen molar-refractivity contribution in [3.63, 3.8) is 0 Å². The topological polar surface area (TPSA) is 27.3 Å². The molecule has 0 radical (unpaired) electrons. The molecule has 0 amide bonds. The van der Waals surface area contributed by atoms with Crippen molar-refractivity contribution < 1.29 is 0 Å². The highest BCUT2D eigenvalue weighted by molar-refractivity contribution is 4.82. The Bertz CT molecular complexity index is 188. The van der Waals surface area contributed by atoms with Gasteiger partial charge in [0.05, 0.1) is 0 Å². The molecule has 0 saturated carbocycles. The van der Waals surface area contributed by atoms with Gasteiger partial charge in [-0.05, 0) is 58.3 Å². The minimum absolute atomic E-state index is 0.747. The van der Waals surface area contributed by atoms with Crippen LogP contribution in [-0.2, 0) is 0 Å². The van der Waals surface area contributed by atoms with Crippen LogP contribution in [0.3, 0.4) is 0 Å². The molecule has 94 valence electrons. The summed E-state index contributed by atoms with van der Waals surface area (Å²) in [6, 6.07) is 1.51. The number of nitrogens with zero attached hydrogens (tertiary/aromatic N) is 1. The first-order valence-electron chi connectivity index (χ1n) is 7.07. The molecule has 0 aromatic heterocycles. The van der Waals surface area contributed by atoms with Crippen molar-refractivity contribution in [2.75, 3.05) is 32.7 Å². The van der Waals surface area contributed by atoms with Crippen LogP contribution in [0.4, 0.5) is 0 Å². The van der Waals surface area contributed by atoms with E-state index < -0.39 is 0 Å². The molecule has 2 heterocycles. The molecular weight excluding hydrogens is 198 g/mol. The molecule has 0 spiro atoms. The zero-order chi connectivity index (χ0) is 11.2. The van der Waals surface area contributed by atoms with Gasteiger partial charge in [0.25, 0.3) is 0 Å². The van der Waals surface area contributed by atoms with Crippen molar-refractivity contribution in [2.24, 2.45) is 0 Å². The van der Waals surface area contributed by atoms with E-state index in [1.54, 1.807) is 0 Å². The highest BCUT2D eigenvalue weighted by Crippen LogP contribution is 2.13. The summed E-state index contributed by atoms with van der Waals surface area (Å²) in [4.78, 5) is 2.58. The third-order valence-electron chi connectivity index (χ3n) is 4.00. The Morgan fingerprint density at radius 1 is 1.12 bits per heavy atom. The molecule has 2 N–H and O–H groups in total. The van der Waals surface area contributed by atoms with Gasteiger partial charge in [-0.3, -0.25) is 0 Å². The lowest BCUT2D eigenvalue weighted by Gasteiger charge is -2.34. The third kappa shape index (κ3) is 3.72. The Morgan fingerprint density at radius 2 is 2.00 bits per heavy atom. The number of rotatable bonds is 3. The first-order valence-corrected chi connectivity index (χ1v) is 7.07. The second-order valence-electron chi connectivity index (χ2n) is 5.28. The lowest BCUT2D eigenvalue weighted by molar-refractivity contribution is 0.188. The molecule has 0 aliphatic carbocycles. The van der Waals surface area contributed by atoms with E-state index in [0.29, 0.717) is 0 Å². The van der Waals surface area contributed by atoms with Crippen molar-refractivity contribution in [3.05, 3.63) is 0 Å². The van der Waals surface area contributed by atoms with Crippen LogP contribution in [0, 0.1) is 0 Å². The minimum atomic E-state index is 0.747. The largest absolute Gasteiger partial charge is 0.317 e. The fourth-order valence-corrected chi connectivity index (χ4v) is 3.00. The summed E-state index contributed by atoms with van der Waals surface area (Å²) >= 11 is 0. The van der Waals surface area contributed by atoms with E-state index in [9.17, 15) is 0 Å². The molecule has 2 unspecified atom stereocenters. The average molecular weight is 225 g/mol. The summed E-state index contributed by atoms with van der Waals surface area (Å²) in [6.07, 6.45) is 6.75. The molecule has 0 aromatic rings. The molecule has 2 aliphatic heterocycles. The van der Waals surface area contributed by atoms with Gasteiger partial charge in [-0.25, -0.2) is 0 Å². The second-order valence-corrected chi connectivity index (χ2v) is 5.28. The normalized spacial score (nSPS) is 33.6. The van der Waals surface area contributed by atoms with Gasteiger partial charge in [0.1, 0.15) is 0 Å². The highest BCUT2D eigenvalue weighted by atomic mass is 15.2. The van der Waals surface area contributed by atoms with Crippen LogP contribution in [-0.4, -0.2) is 49.7 Å². The van der Waals surface area contributed by atoms with Crippen LogP contribution in [0.15, 0.2) is 0 Å². The first-order chi connectivity index (χ1) is 7.88. The van der Waals surface area contributed by atoms with Crippen molar-refractivity contribution in [1.82, 2.24) is 15.5 Å². The predicted molar refractivity (Wildman–Crippen MR) is 68.8 cm³/mol. The van der Waals surface area contributed by atoms with Crippen molar-refractivity contribution >= 4 is 0 Å². The highest BCUT2D eigenvalue weighted by Gasteiger charge is 2.21. The van der Waals surface area contributed by atoms with Crippen LogP contribution in [0.1, 0.15) is 39.0 Å². The molecule has 2 rings (SSSR count). The molecule has 3 nitrogen and oxygen atoms in total. The molecular formula is C13H27N3. The number of piperidine rings is 1. The zero-order valence-corrected chi connectivity index (χ0v) is 10.7. The standard InChI is InChI=1S/C13H27N3/c1-2-16-10-4-6-13(11-16)15-12-5-3-8-14-9-7-12/h12-15H,2-11H2,1H3. The smallest absolute Gasteiger partial charge is 0.0198 e.